The van der Waals surface area contributed by atoms with E-state index in [2.05, 4.69) is 30.3 Å². The highest BCUT2D eigenvalue weighted by molar-refractivity contribution is 5.79. The van der Waals surface area contributed by atoms with E-state index in [9.17, 15) is 4.79 Å². The van der Waals surface area contributed by atoms with E-state index in [0.29, 0.717) is 11.8 Å². The van der Waals surface area contributed by atoms with Gasteiger partial charge in [-0.05, 0) is 24.8 Å². The van der Waals surface area contributed by atoms with E-state index < -0.39 is 0 Å². The molecule has 0 aliphatic carbocycles. The summed E-state index contributed by atoms with van der Waals surface area (Å²) in [6, 6.07) is 1.98. The van der Waals surface area contributed by atoms with Crippen LogP contribution < -0.4 is 0 Å². The van der Waals surface area contributed by atoms with Crippen LogP contribution in [0.2, 0.25) is 0 Å². The van der Waals surface area contributed by atoms with Crippen LogP contribution in [-0.2, 0) is 11.3 Å². The van der Waals surface area contributed by atoms with Crippen LogP contribution in [0.4, 0.5) is 0 Å². The number of carbonyl (C=O) groups is 1. The smallest absolute Gasteiger partial charge is 0.225 e. The Kier molecular flexibility index (Phi) is 4.88. The number of likely N-dealkylation sites (tertiary alicyclic amines) is 1. The Hall–Kier alpha value is -1.91. The predicted octanol–water partition coefficient (Wildman–Crippen LogP) is 3.45. The Labute approximate surface area is 144 Å². The van der Waals surface area contributed by atoms with Gasteiger partial charge in [0.25, 0.3) is 0 Å². The maximum atomic E-state index is 12.5. The first-order chi connectivity index (χ1) is 11.5. The van der Waals surface area contributed by atoms with Crippen molar-refractivity contribution < 1.29 is 4.79 Å². The van der Waals surface area contributed by atoms with Crippen molar-refractivity contribution in [2.75, 3.05) is 13.1 Å². The van der Waals surface area contributed by atoms with Gasteiger partial charge >= 0.3 is 0 Å². The summed E-state index contributed by atoms with van der Waals surface area (Å²) < 4.78 is 2.31. The van der Waals surface area contributed by atoms with Gasteiger partial charge in [-0.2, -0.15) is 0 Å². The monoisotopic (exact) mass is 328 g/mol. The predicted molar refractivity (Wildman–Crippen MR) is 95.8 cm³/mol. The molecule has 0 bridgehead atoms. The van der Waals surface area contributed by atoms with Crippen LogP contribution in [0.25, 0.3) is 11.0 Å². The molecule has 0 aromatic carbocycles. The van der Waals surface area contributed by atoms with Gasteiger partial charge in [-0.3, -0.25) is 9.78 Å². The number of amides is 1. The highest BCUT2D eigenvalue weighted by Gasteiger charge is 2.32. The van der Waals surface area contributed by atoms with Gasteiger partial charge < -0.3 is 9.47 Å². The highest BCUT2D eigenvalue weighted by atomic mass is 16.2. The van der Waals surface area contributed by atoms with Crippen molar-refractivity contribution >= 4 is 16.9 Å². The number of pyridine rings is 1. The van der Waals surface area contributed by atoms with E-state index in [1.165, 1.54) is 0 Å². The molecular formula is C19H28N4O. The molecule has 1 saturated heterocycles. The molecule has 1 aliphatic rings. The minimum absolute atomic E-state index is 0.113. The van der Waals surface area contributed by atoms with Gasteiger partial charge in [-0.1, -0.05) is 27.7 Å². The normalized spacial score (nSPS) is 19.4. The van der Waals surface area contributed by atoms with E-state index >= 15 is 0 Å². The van der Waals surface area contributed by atoms with Crippen molar-refractivity contribution in [2.45, 2.75) is 53.0 Å². The molecule has 0 saturated carbocycles. The number of imidazole rings is 1. The Bertz CT molecular complexity index is 721. The third-order valence-corrected chi connectivity index (χ3v) is 5.03. The number of aromatic nitrogens is 3. The molecule has 3 rings (SSSR count). The van der Waals surface area contributed by atoms with Crippen molar-refractivity contribution in [1.82, 2.24) is 19.4 Å². The Morgan fingerprint density at radius 1 is 1.38 bits per heavy atom. The van der Waals surface area contributed by atoms with Crippen LogP contribution >= 0.6 is 0 Å². The average molecular weight is 328 g/mol. The lowest BCUT2D eigenvalue weighted by molar-refractivity contribution is -0.134. The number of nitrogens with zero attached hydrogens (tertiary/aromatic N) is 4. The second kappa shape index (κ2) is 6.91. The molecular weight excluding hydrogens is 300 g/mol. The number of rotatable bonds is 5. The zero-order chi connectivity index (χ0) is 17.3. The van der Waals surface area contributed by atoms with Crippen molar-refractivity contribution in [2.24, 2.45) is 11.8 Å². The van der Waals surface area contributed by atoms with E-state index in [4.69, 9.17) is 4.98 Å². The molecule has 1 aliphatic heterocycles. The molecule has 0 N–H and O–H groups in total. The van der Waals surface area contributed by atoms with Crippen LogP contribution in [0, 0.1) is 11.8 Å². The SMILES string of the molecule is CC[C@H](C)C(=O)N1CC[C@H](c2nc3ccncc3n2CC(C)C)C1. The summed E-state index contributed by atoms with van der Waals surface area (Å²) in [5.74, 6) is 2.38. The number of hydrogen-bond acceptors (Lipinski definition) is 3. The van der Waals surface area contributed by atoms with Crippen molar-refractivity contribution in [3.05, 3.63) is 24.3 Å². The lowest BCUT2D eigenvalue weighted by Crippen LogP contribution is -2.33. The summed E-state index contributed by atoms with van der Waals surface area (Å²) in [4.78, 5) is 23.7. The van der Waals surface area contributed by atoms with Crippen LogP contribution in [0.1, 0.15) is 52.3 Å². The van der Waals surface area contributed by atoms with Gasteiger partial charge in [0, 0.05) is 37.7 Å². The molecule has 2 aromatic heterocycles. The fourth-order valence-electron chi connectivity index (χ4n) is 3.51. The first kappa shape index (κ1) is 16.9. The number of hydrogen-bond donors (Lipinski definition) is 0. The van der Waals surface area contributed by atoms with Gasteiger partial charge in [0.15, 0.2) is 0 Å². The van der Waals surface area contributed by atoms with E-state index in [0.717, 1.165) is 49.3 Å². The van der Waals surface area contributed by atoms with Gasteiger partial charge in [0.05, 0.1) is 17.2 Å². The second-order valence-electron chi connectivity index (χ2n) is 7.42. The molecule has 1 amide bonds. The minimum Gasteiger partial charge on any atom is -0.342 e. The minimum atomic E-state index is 0.113. The Morgan fingerprint density at radius 3 is 2.88 bits per heavy atom. The lowest BCUT2D eigenvalue weighted by atomic mass is 10.1. The molecule has 5 nitrogen and oxygen atoms in total. The highest BCUT2D eigenvalue weighted by Crippen LogP contribution is 2.30. The Morgan fingerprint density at radius 2 is 2.17 bits per heavy atom. The molecule has 0 radical (unpaired) electrons. The summed E-state index contributed by atoms with van der Waals surface area (Å²) in [5.41, 5.74) is 2.11. The van der Waals surface area contributed by atoms with Crippen LogP contribution in [0.3, 0.4) is 0 Å². The quantitative estimate of drug-likeness (QED) is 0.845. The molecule has 0 unspecified atom stereocenters. The summed E-state index contributed by atoms with van der Waals surface area (Å²) >= 11 is 0. The van der Waals surface area contributed by atoms with E-state index in [-0.39, 0.29) is 11.8 Å². The second-order valence-corrected chi connectivity index (χ2v) is 7.42. The van der Waals surface area contributed by atoms with Gasteiger partial charge in [-0.25, -0.2) is 4.98 Å². The summed E-state index contributed by atoms with van der Waals surface area (Å²) in [7, 11) is 0. The zero-order valence-electron chi connectivity index (χ0n) is 15.2. The molecule has 24 heavy (non-hydrogen) atoms. The topological polar surface area (TPSA) is 51.0 Å². The van der Waals surface area contributed by atoms with Crippen LogP contribution in [-0.4, -0.2) is 38.4 Å². The summed E-state index contributed by atoms with van der Waals surface area (Å²) in [5, 5.41) is 0. The largest absolute Gasteiger partial charge is 0.342 e. The maximum absolute atomic E-state index is 12.5. The first-order valence-corrected chi connectivity index (χ1v) is 9.10. The zero-order valence-corrected chi connectivity index (χ0v) is 15.2. The third kappa shape index (κ3) is 3.17. The average Bonchev–Trinajstić information content (AvgIpc) is 3.18. The molecule has 130 valence electrons. The Balaban J connectivity index is 1.88. The lowest BCUT2D eigenvalue weighted by Gasteiger charge is -2.20. The molecule has 3 heterocycles. The number of fused-ring (bicyclic) bond motifs is 1. The summed E-state index contributed by atoms with van der Waals surface area (Å²) in [6.45, 7) is 11.1. The van der Waals surface area contributed by atoms with Crippen molar-refractivity contribution in [3.8, 4) is 0 Å². The van der Waals surface area contributed by atoms with Crippen LogP contribution in [0.5, 0.6) is 0 Å². The van der Waals surface area contributed by atoms with Crippen LogP contribution in [0.15, 0.2) is 18.5 Å². The van der Waals surface area contributed by atoms with E-state index in [1.54, 1.807) is 6.20 Å². The molecule has 0 spiro atoms. The first-order valence-electron chi connectivity index (χ1n) is 9.10. The third-order valence-electron chi connectivity index (χ3n) is 5.03. The standard InChI is InChI=1S/C19H28N4O/c1-5-14(4)19(24)22-9-7-15(12-22)18-21-16-6-8-20-10-17(16)23(18)11-13(2)3/h6,8,10,13-15H,5,7,9,11-12H2,1-4H3/t14-,15-/m0/s1. The number of carbonyl (C=O) groups excluding carboxylic acids is 1. The fourth-order valence-corrected chi connectivity index (χ4v) is 3.51. The molecule has 1 fully saturated rings. The fraction of sp³-hybridized carbons (Fsp3) is 0.632. The molecule has 5 heteroatoms. The molecule has 2 aromatic rings. The summed E-state index contributed by atoms with van der Waals surface area (Å²) in [6.07, 6.45) is 5.60. The van der Waals surface area contributed by atoms with Crippen molar-refractivity contribution in [1.29, 1.82) is 0 Å². The van der Waals surface area contributed by atoms with Gasteiger partial charge in [0.1, 0.15) is 5.82 Å². The maximum Gasteiger partial charge on any atom is 0.225 e. The van der Waals surface area contributed by atoms with Crippen molar-refractivity contribution in [3.63, 3.8) is 0 Å². The van der Waals surface area contributed by atoms with Gasteiger partial charge in [0.2, 0.25) is 5.91 Å². The van der Waals surface area contributed by atoms with E-state index in [1.807, 2.05) is 24.1 Å². The van der Waals surface area contributed by atoms with Gasteiger partial charge in [-0.15, -0.1) is 0 Å². The molecule has 2 atom stereocenters.